The first-order valence-electron chi connectivity index (χ1n) is 9.51. The number of sulfonamides is 1. The zero-order valence-electron chi connectivity index (χ0n) is 16.8. The van der Waals surface area contributed by atoms with Gasteiger partial charge in [-0.25, -0.2) is 22.8 Å². The predicted octanol–water partition coefficient (Wildman–Crippen LogP) is 3.56. The van der Waals surface area contributed by atoms with Crippen LogP contribution in [0.5, 0.6) is 0 Å². The molecule has 4 rings (SSSR count). The highest BCUT2D eigenvalue weighted by Gasteiger charge is 2.37. The van der Waals surface area contributed by atoms with E-state index in [2.05, 4.69) is 25.0 Å². The van der Waals surface area contributed by atoms with Crippen LogP contribution in [0.15, 0.2) is 42.2 Å². The first kappa shape index (κ1) is 21.3. The lowest BCUT2D eigenvalue weighted by Crippen LogP contribution is -2.35. The van der Waals surface area contributed by atoms with Gasteiger partial charge in [0.15, 0.2) is 5.13 Å². The van der Waals surface area contributed by atoms with Crippen molar-refractivity contribution in [3.63, 3.8) is 0 Å². The molecule has 0 radical (unpaired) electrons. The monoisotopic (exact) mass is 461 g/mol. The summed E-state index contributed by atoms with van der Waals surface area (Å²) in [6, 6.07) is 4.67. The smallest absolute Gasteiger partial charge is 0.237 e. The van der Waals surface area contributed by atoms with Gasteiger partial charge in [-0.1, -0.05) is 0 Å². The summed E-state index contributed by atoms with van der Waals surface area (Å²) in [4.78, 5) is 25.2. The Kier molecular flexibility index (Phi) is 5.48. The Hall–Kier alpha value is -2.92. The summed E-state index contributed by atoms with van der Waals surface area (Å²) in [7, 11) is -3.41. The number of halogens is 1. The molecule has 8 nitrogen and oxygen atoms in total. The van der Waals surface area contributed by atoms with Crippen LogP contribution < -0.4 is 10.0 Å². The van der Waals surface area contributed by atoms with E-state index in [9.17, 15) is 17.6 Å². The lowest BCUT2D eigenvalue weighted by molar-refractivity contribution is -0.120. The summed E-state index contributed by atoms with van der Waals surface area (Å²) in [6.07, 6.45) is 5.48. The van der Waals surface area contributed by atoms with Crippen molar-refractivity contribution >= 4 is 38.2 Å². The van der Waals surface area contributed by atoms with Crippen LogP contribution in [0.3, 0.4) is 0 Å². The minimum atomic E-state index is -3.41. The van der Waals surface area contributed by atoms with Crippen LogP contribution in [-0.2, 0) is 20.2 Å². The number of pyridine rings is 2. The Morgan fingerprint density at radius 3 is 2.61 bits per heavy atom. The van der Waals surface area contributed by atoms with E-state index < -0.39 is 21.3 Å². The number of hydrogen-bond acceptors (Lipinski definition) is 7. The number of nitrogens with one attached hydrogen (secondary N) is 2. The maximum Gasteiger partial charge on any atom is 0.237 e. The molecule has 3 aromatic rings. The maximum absolute atomic E-state index is 13.3. The molecule has 11 heteroatoms. The predicted molar refractivity (Wildman–Crippen MR) is 117 cm³/mol. The third-order valence-electron chi connectivity index (χ3n) is 4.95. The number of anilines is 2. The number of nitrogens with zero attached hydrogens (tertiary/aromatic N) is 3. The van der Waals surface area contributed by atoms with Crippen molar-refractivity contribution < 1.29 is 17.6 Å². The minimum Gasteiger partial charge on any atom is -0.310 e. The van der Waals surface area contributed by atoms with Crippen molar-refractivity contribution in [3.8, 4) is 11.1 Å². The number of carbonyl (C=O) groups excluding carboxylic acids is 1. The summed E-state index contributed by atoms with van der Waals surface area (Å²) >= 11 is 1.14. The fourth-order valence-electron chi connectivity index (χ4n) is 2.79. The van der Waals surface area contributed by atoms with Crippen molar-refractivity contribution in [2.24, 2.45) is 0 Å². The van der Waals surface area contributed by atoms with Crippen LogP contribution in [-0.4, -0.2) is 34.5 Å². The van der Waals surface area contributed by atoms with Gasteiger partial charge in [0.1, 0.15) is 11.6 Å². The van der Waals surface area contributed by atoms with Crippen LogP contribution in [0.25, 0.3) is 11.1 Å². The second kappa shape index (κ2) is 7.97. The minimum absolute atomic E-state index is 0.244. The van der Waals surface area contributed by atoms with Gasteiger partial charge in [0, 0.05) is 28.9 Å². The molecule has 1 aliphatic rings. The second-order valence-electron chi connectivity index (χ2n) is 7.79. The van der Waals surface area contributed by atoms with Gasteiger partial charge in [-0.3, -0.25) is 14.5 Å². The number of hydrogen-bond donors (Lipinski definition) is 2. The molecule has 0 bridgehead atoms. The van der Waals surface area contributed by atoms with Crippen LogP contribution in [0.2, 0.25) is 0 Å². The summed E-state index contributed by atoms with van der Waals surface area (Å²) < 4.78 is 40.0. The van der Waals surface area contributed by atoms with Gasteiger partial charge in [0.25, 0.3) is 0 Å². The van der Waals surface area contributed by atoms with Crippen molar-refractivity contribution in [1.29, 1.82) is 0 Å². The van der Waals surface area contributed by atoms with Gasteiger partial charge >= 0.3 is 0 Å². The fourth-order valence-corrected chi connectivity index (χ4v) is 5.26. The zero-order valence-corrected chi connectivity index (χ0v) is 18.4. The number of amides is 1. The summed E-state index contributed by atoms with van der Waals surface area (Å²) in [5.41, 5.74) is 0.670. The van der Waals surface area contributed by atoms with Crippen LogP contribution in [0, 0.1) is 5.82 Å². The molecule has 0 saturated heterocycles. The van der Waals surface area contributed by atoms with Crippen molar-refractivity contribution in [1.82, 2.24) is 15.0 Å². The summed E-state index contributed by atoms with van der Waals surface area (Å²) in [5, 5.41) is 4.30. The average Bonchev–Trinajstić information content (AvgIpc) is 3.49. The standard InChI is InChI=1S/C20H20FN5O3S2/c1-20(2,16-11-30-19(24-16)26-31(28,29)15-4-5-15)18(27)25-17-6-3-12(9-23-17)13-7-14(21)10-22-8-13/h3,6-11,15H,4-5H2,1-2H3,(H,24,26)(H,23,25,27). The molecule has 3 heterocycles. The van der Waals surface area contributed by atoms with Crippen molar-refractivity contribution in [2.45, 2.75) is 37.4 Å². The Morgan fingerprint density at radius 1 is 1.19 bits per heavy atom. The molecule has 3 aromatic heterocycles. The normalized spacial score (nSPS) is 14.3. The Bertz CT molecular complexity index is 1220. The zero-order chi connectivity index (χ0) is 22.2. The lowest BCUT2D eigenvalue weighted by Gasteiger charge is -2.21. The number of rotatable bonds is 7. The quantitative estimate of drug-likeness (QED) is 0.556. The largest absolute Gasteiger partial charge is 0.310 e. The Morgan fingerprint density at radius 2 is 1.97 bits per heavy atom. The van der Waals surface area contributed by atoms with E-state index >= 15 is 0 Å². The average molecular weight is 462 g/mol. The molecule has 0 aliphatic heterocycles. The van der Waals surface area contributed by atoms with Gasteiger partial charge in [-0.2, -0.15) is 0 Å². The van der Waals surface area contributed by atoms with E-state index in [0.29, 0.717) is 35.5 Å². The van der Waals surface area contributed by atoms with E-state index in [1.165, 1.54) is 18.5 Å². The second-order valence-corrected chi connectivity index (χ2v) is 10.6. The molecule has 162 valence electrons. The Labute approximate surface area is 183 Å². The molecule has 0 aromatic carbocycles. The lowest BCUT2D eigenvalue weighted by atomic mass is 9.89. The molecule has 1 aliphatic carbocycles. The summed E-state index contributed by atoms with van der Waals surface area (Å²) in [5.74, 6) is -0.461. The molecule has 1 fully saturated rings. The molecule has 0 atom stereocenters. The summed E-state index contributed by atoms with van der Waals surface area (Å²) in [6.45, 7) is 3.40. The van der Waals surface area contributed by atoms with Gasteiger partial charge in [-0.05, 0) is 44.9 Å². The SMILES string of the molecule is CC(C)(C(=O)Nc1ccc(-c2cncc(F)c2)cn1)c1csc(NS(=O)(=O)C2CC2)n1. The number of thiazole rings is 1. The highest BCUT2D eigenvalue weighted by molar-refractivity contribution is 7.93. The van der Waals surface area contributed by atoms with Crippen LogP contribution in [0.1, 0.15) is 32.4 Å². The third kappa shape index (κ3) is 4.72. The fraction of sp³-hybridized carbons (Fsp3) is 0.300. The topological polar surface area (TPSA) is 114 Å². The van der Waals surface area contributed by atoms with E-state index in [0.717, 1.165) is 17.5 Å². The van der Waals surface area contributed by atoms with Crippen molar-refractivity contribution in [2.75, 3.05) is 10.0 Å². The molecule has 31 heavy (non-hydrogen) atoms. The first-order chi connectivity index (χ1) is 14.6. The highest BCUT2D eigenvalue weighted by atomic mass is 32.2. The molecule has 1 saturated carbocycles. The van der Waals surface area contributed by atoms with Gasteiger partial charge < -0.3 is 5.32 Å². The van der Waals surface area contributed by atoms with Gasteiger partial charge in [0.05, 0.1) is 22.6 Å². The number of carbonyl (C=O) groups is 1. The van der Waals surface area contributed by atoms with Gasteiger partial charge in [-0.15, -0.1) is 11.3 Å². The first-order valence-corrected chi connectivity index (χ1v) is 11.9. The van der Waals surface area contributed by atoms with E-state index in [-0.39, 0.29) is 16.3 Å². The molecule has 0 spiro atoms. The van der Waals surface area contributed by atoms with Crippen molar-refractivity contribution in [3.05, 3.63) is 53.7 Å². The maximum atomic E-state index is 13.3. The molecule has 1 amide bonds. The van der Waals surface area contributed by atoms with E-state index in [1.807, 2.05) is 0 Å². The highest BCUT2D eigenvalue weighted by Crippen LogP contribution is 2.33. The van der Waals surface area contributed by atoms with Crippen LogP contribution in [0.4, 0.5) is 15.3 Å². The molecular formula is C20H20FN5O3S2. The third-order valence-corrected chi connectivity index (χ3v) is 7.66. The molecule has 2 N–H and O–H groups in total. The van der Waals surface area contributed by atoms with E-state index in [1.54, 1.807) is 31.4 Å². The van der Waals surface area contributed by atoms with E-state index in [4.69, 9.17) is 0 Å². The van der Waals surface area contributed by atoms with Crippen LogP contribution >= 0.6 is 11.3 Å². The Balaban J connectivity index is 1.45. The molecular weight excluding hydrogens is 441 g/mol. The number of aromatic nitrogens is 3. The molecule has 0 unspecified atom stereocenters. The van der Waals surface area contributed by atoms with Gasteiger partial charge in [0.2, 0.25) is 15.9 Å².